The van der Waals surface area contributed by atoms with Crippen LogP contribution >= 0.6 is 0 Å². The standard InChI is InChI=1S/C12H13FN2O2/c13-10-4-3-5-11(9(10)8-14)15-7-2-1-6-12(16)17/h3-5,15H,1-2,6-7H2,(H,16,17). The summed E-state index contributed by atoms with van der Waals surface area (Å²) in [4.78, 5) is 10.3. The predicted molar refractivity (Wildman–Crippen MR) is 61.1 cm³/mol. The van der Waals surface area contributed by atoms with Crippen molar-refractivity contribution < 1.29 is 14.3 Å². The van der Waals surface area contributed by atoms with Crippen molar-refractivity contribution in [1.82, 2.24) is 0 Å². The van der Waals surface area contributed by atoms with Crippen LogP contribution in [0.1, 0.15) is 24.8 Å². The van der Waals surface area contributed by atoms with Gasteiger partial charge >= 0.3 is 5.97 Å². The molecule has 0 fully saturated rings. The first kappa shape index (κ1) is 13.0. The van der Waals surface area contributed by atoms with Gasteiger partial charge in [-0.25, -0.2) is 4.39 Å². The lowest BCUT2D eigenvalue weighted by atomic mass is 10.1. The van der Waals surface area contributed by atoms with Crippen molar-refractivity contribution >= 4 is 11.7 Å². The van der Waals surface area contributed by atoms with Gasteiger partial charge in [0.1, 0.15) is 17.4 Å². The van der Waals surface area contributed by atoms with Crippen LogP contribution in [0.2, 0.25) is 0 Å². The Balaban J connectivity index is 2.45. The molecule has 0 amide bonds. The van der Waals surface area contributed by atoms with Crippen molar-refractivity contribution in [2.24, 2.45) is 0 Å². The summed E-state index contributed by atoms with van der Waals surface area (Å²) in [6, 6.07) is 6.17. The number of hydrogen-bond acceptors (Lipinski definition) is 3. The van der Waals surface area contributed by atoms with Crippen molar-refractivity contribution in [3.63, 3.8) is 0 Å². The minimum absolute atomic E-state index is 0.00858. The number of aliphatic carboxylic acids is 1. The van der Waals surface area contributed by atoms with E-state index in [1.54, 1.807) is 12.1 Å². The van der Waals surface area contributed by atoms with Crippen LogP contribution in [0, 0.1) is 17.1 Å². The largest absolute Gasteiger partial charge is 0.481 e. The quantitative estimate of drug-likeness (QED) is 0.743. The molecule has 0 spiro atoms. The Morgan fingerprint density at radius 2 is 2.24 bits per heavy atom. The topological polar surface area (TPSA) is 73.1 Å². The zero-order chi connectivity index (χ0) is 12.7. The average molecular weight is 236 g/mol. The summed E-state index contributed by atoms with van der Waals surface area (Å²) in [6.45, 7) is 0.519. The maximum Gasteiger partial charge on any atom is 0.303 e. The molecule has 0 aliphatic heterocycles. The summed E-state index contributed by atoms with van der Waals surface area (Å²) in [5, 5.41) is 20.1. The molecule has 1 aromatic rings. The predicted octanol–water partition coefficient (Wildman–Crippen LogP) is 2.36. The number of benzene rings is 1. The van der Waals surface area contributed by atoms with E-state index in [1.165, 1.54) is 12.1 Å². The summed E-state index contributed by atoms with van der Waals surface area (Å²) in [5.41, 5.74) is 0.438. The average Bonchev–Trinajstić information content (AvgIpc) is 2.28. The van der Waals surface area contributed by atoms with Crippen molar-refractivity contribution in [3.8, 4) is 6.07 Å². The molecular weight excluding hydrogens is 223 g/mol. The lowest BCUT2D eigenvalue weighted by Gasteiger charge is -2.07. The highest BCUT2D eigenvalue weighted by Gasteiger charge is 2.06. The van der Waals surface area contributed by atoms with Gasteiger partial charge in [0.2, 0.25) is 0 Å². The number of nitrogens with zero attached hydrogens (tertiary/aromatic N) is 1. The molecule has 17 heavy (non-hydrogen) atoms. The van der Waals surface area contributed by atoms with Crippen LogP contribution in [0.3, 0.4) is 0 Å². The van der Waals surface area contributed by atoms with Gasteiger partial charge in [-0.3, -0.25) is 4.79 Å². The highest BCUT2D eigenvalue weighted by molar-refractivity contribution is 5.66. The van der Waals surface area contributed by atoms with Crippen LogP contribution in [0.5, 0.6) is 0 Å². The van der Waals surface area contributed by atoms with E-state index in [4.69, 9.17) is 10.4 Å². The Labute approximate surface area is 98.7 Å². The maximum atomic E-state index is 13.2. The molecule has 0 radical (unpaired) electrons. The van der Waals surface area contributed by atoms with E-state index in [9.17, 15) is 9.18 Å². The molecule has 0 saturated carbocycles. The fraction of sp³-hybridized carbons (Fsp3) is 0.333. The van der Waals surface area contributed by atoms with Crippen LogP contribution < -0.4 is 5.32 Å². The molecular formula is C12H13FN2O2. The van der Waals surface area contributed by atoms with Crippen molar-refractivity contribution in [1.29, 1.82) is 5.26 Å². The zero-order valence-corrected chi connectivity index (χ0v) is 9.24. The van der Waals surface area contributed by atoms with Crippen molar-refractivity contribution in [2.75, 3.05) is 11.9 Å². The summed E-state index contributed by atoms with van der Waals surface area (Å²) >= 11 is 0. The van der Waals surface area contributed by atoms with Gasteiger partial charge in [-0.2, -0.15) is 5.26 Å². The minimum atomic E-state index is -0.825. The number of anilines is 1. The summed E-state index contributed by atoms with van der Waals surface area (Å²) in [7, 11) is 0. The Morgan fingerprint density at radius 3 is 2.88 bits per heavy atom. The molecule has 0 heterocycles. The monoisotopic (exact) mass is 236 g/mol. The highest BCUT2D eigenvalue weighted by atomic mass is 19.1. The van der Waals surface area contributed by atoms with Crippen molar-refractivity contribution in [2.45, 2.75) is 19.3 Å². The van der Waals surface area contributed by atoms with E-state index in [0.717, 1.165) is 0 Å². The van der Waals surface area contributed by atoms with E-state index < -0.39 is 11.8 Å². The van der Waals surface area contributed by atoms with Crippen molar-refractivity contribution in [3.05, 3.63) is 29.6 Å². The number of hydrogen-bond donors (Lipinski definition) is 2. The van der Waals surface area contributed by atoms with Crippen LogP contribution in [-0.2, 0) is 4.79 Å². The second-order valence-electron chi connectivity index (χ2n) is 3.55. The molecule has 0 saturated heterocycles. The van der Waals surface area contributed by atoms with Gasteiger partial charge in [0.25, 0.3) is 0 Å². The van der Waals surface area contributed by atoms with E-state index in [-0.39, 0.29) is 12.0 Å². The van der Waals surface area contributed by atoms with Gasteiger partial charge in [-0.05, 0) is 25.0 Å². The van der Waals surface area contributed by atoms with Gasteiger partial charge in [-0.15, -0.1) is 0 Å². The minimum Gasteiger partial charge on any atom is -0.481 e. The molecule has 1 aromatic carbocycles. The second kappa shape index (κ2) is 6.48. The number of unbranched alkanes of at least 4 members (excludes halogenated alkanes) is 1. The molecule has 90 valence electrons. The van der Waals surface area contributed by atoms with E-state index in [0.29, 0.717) is 25.1 Å². The van der Waals surface area contributed by atoms with Gasteiger partial charge < -0.3 is 10.4 Å². The van der Waals surface area contributed by atoms with Crippen LogP contribution in [0.15, 0.2) is 18.2 Å². The molecule has 2 N–H and O–H groups in total. The lowest BCUT2D eigenvalue weighted by Crippen LogP contribution is -2.05. The SMILES string of the molecule is N#Cc1c(F)cccc1NCCCCC(=O)O. The van der Waals surface area contributed by atoms with Gasteiger partial charge in [0.05, 0.1) is 5.69 Å². The number of nitrogens with one attached hydrogen (secondary N) is 1. The molecule has 0 aliphatic carbocycles. The summed E-state index contributed by atoms with van der Waals surface area (Å²) < 4.78 is 13.2. The molecule has 1 rings (SSSR count). The third kappa shape index (κ3) is 4.11. The molecule has 0 aliphatic rings. The van der Waals surface area contributed by atoms with Gasteiger partial charge in [0.15, 0.2) is 0 Å². The first-order valence-corrected chi connectivity index (χ1v) is 5.29. The van der Waals surface area contributed by atoms with E-state index >= 15 is 0 Å². The second-order valence-corrected chi connectivity index (χ2v) is 3.55. The Morgan fingerprint density at radius 1 is 1.47 bits per heavy atom. The molecule has 0 unspecified atom stereocenters. The van der Waals surface area contributed by atoms with Crippen LogP contribution in [0.25, 0.3) is 0 Å². The lowest BCUT2D eigenvalue weighted by molar-refractivity contribution is -0.137. The van der Waals surface area contributed by atoms with Gasteiger partial charge in [-0.1, -0.05) is 6.07 Å². The number of carboxylic acids is 1. The van der Waals surface area contributed by atoms with E-state index in [2.05, 4.69) is 5.32 Å². The normalized spacial score (nSPS) is 9.65. The Bertz CT molecular complexity index is 441. The van der Waals surface area contributed by atoms with Crippen LogP contribution in [-0.4, -0.2) is 17.6 Å². The Hall–Kier alpha value is -2.09. The molecule has 5 heteroatoms. The first-order chi connectivity index (χ1) is 8.15. The molecule has 0 bridgehead atoms. The smallest absolute Gasteiger partial charge is 0.303 e. The van der Waals surface area contributed by atoms with Gasteiger partial charge in [0, 0.05) is 13.0 Å². The fourth-order valence-corrected chi connectivity index (χ4v) is 1.41. The summed E-state index contributed by atoms with van der Waals surface area (Å²) in [5.74, 6) is -1.38. The highest BCUT2D eigenvalue weighted by Crippen LogP contribution is 2.17. The number of halogens is 1. The van der Waals surface area contributed by atoms with Crippen LogP contribution in [0.4, 0.5) is 10.1 Å². The number of rotatable bonds is 6. The number of carbonyl (C=O) groups is 1. The molecule has 0 atom stereocenters. The van der Waals surface area contributed by atoms with E-state index in [1.807, 2.05) is 0 Å². The third-order valence-corrected chi connectivity index (χ3v) is 2.26. The fourth-order valence-electron chi connectivity index (χ4n) is 1.41. The summed E-state index contributed by atoms with van der Waals surface area (Å²) in [6.07, 6.45) is 1.34. The third-order valence-electron chi connectivity index (χ3n) is 2.26. The molecule has 4 nitrogen and oxygen atoms in total. The molecule has 0 aromatic heterocycles. The first-order valence-electron chi connectivity index (χ1n) is 5.29. The maximum absolute atomic E-state index is 13.2. The number of nitriles is 1. The zero-order valence-electron chi connectivity index (χ0n) is 9.24. The number of carboxylic acid groups (broad SMARTS) is 1. The Kier molecular flexibility index (Phi) is 4.95.